The summed E-state index contributed by atoms with van der Waals surface area (Å²) in [5.74, 6) is -1.33. The first-order valence-corrected chi connectivity index (χ1v) is 12.0. The molecule has 2 aromatic rings. The third-order valence-corrected chi connectivity index (χ3v) is 7.13. The topological polar surface area (TPSA) is 77.0 Å². The molecule has 1 heterocycles. The van der Waals surface area contributed by atoms with E-state index in [1.807, 2.05) is 6.07 Å². The number of carboxylic acids is 1. The first kappa shape index (κ1) is 24.0. The molecule has 2 aromatic carbocycles. The molecule has 1 unspecified atom stereocenters. The minimum absolute atomic E-state index is 0.114. The molecule has 1 aliphatic heterocycles. The van der Waals surface area contributed by atoms with E-state index in [1.165, 1.54) is 22.4 Å². The van der Waals surface area contributed by atoms with Gasteiger partial charge < -0.3 is 20.6 Å². The zero-order valence-corrected chi connectivity index (χ0v) is 19.9. The predicted octanol–water partition coefficient (Wildman–Crippen LogP) is 4.66. The first-order chi connectivity index (χ1) is 16.5. The Morgan fingerprint density at radius 1 is 1.06 bits per heavy atom. The number of allylic oxidation sites excluding steroid dienone is 1. The maximum atomic E-state index is 13.1. The largest absolute Gasteiger partial charge is 0.476 e. The summed E-state index contributed by atoms with van der Waals surface area (Å²) >= 11 is 0. The average molecular weight is 465 g/mol. The molecule has 0 amide bonds. The highest BCUT2D eigenvalue weighted by atomic mass is 19.2. The van der Waals surface area contributed by atoms with Gasteiger partial charge in [0, 0.05) is 49.2 Å². The number of hydrogen-bond donors (Lipinski definition) is 3. The first-order valence-electron chi connectivity index (χ1n) is 12.0. The highest BCUT2D eigenvalue weighted by Gasteiger charge is 2.30. The Hall–Kier alpha value is -3.19. The van der Waals surface area contributed by atoms with Crippen LogP contribution in [-0.2, 0) is 4.79 Å². The van der Waals surface area contributed by atoms with Gasteiger partial charge in [0.25, 0.3) is 0 Å². The van der Waals surface area contributed by atoms with Crippen molar-refractivity contribution in [2.24, 2.45) is 5.21 Å². The second-order valence-corrected chi connectivity index (χ2v) is 9.13. The molecule has 34 heavy (non-hydrogen) atoms. The normalized spacial score (nSPS) is 19.9. The molecule has 0 saturated carbocycles. The van der Waals surface area contributed by atoms with Crippen LogP contribution >= 0.6 is 0 Å². The summed E-state index contributed by atoms with van der Waals surface area (Å²) in [5, 5.41) is 18.6. The van der Waals surface area contributed by atoms with Crippen molar-refractivity contribution in [2.75, 3.05) is 25.0 Å². The van der Waals surface area contributed by atoms with Crippen molar-refractivity contribution >= 4 is 17.4 Å². The maximum absolute atomic E-state index is 13.1. The Balaban J connectivity index is 1.39. The Morgan fingerprint density at radius 2 is 1.79 bits per heavy atom. The molecule has 1 aliphatic carbocycles. The van der Waals surface area contributed by atoms with Crippen LogP contribution in [0.1, 0.15) is 37.7 Å². The van der Waals surface area contributed by atoms with E-state index in [0.717, 1.165) is 38.0 Å². The molecule has 0 spiro atoms. The van der Waals surface area contributed by atoms with Crippen molar-refractivity contribution in [3.05, 3.63) is 65.4 Å². The lowest BCUT2D eigenvalue weighted by Crippen LogP contribution is -2.47. The lowest BCUT2D eigenvalue weighted by atomic mass is 9.88. The summed E-state index contributed by atoms with van der Waals surface area (Å²) in [6.07, 6.45) is 4.04. The number of aliphatic carboxylic acids is 1. The van der Waals surface area contributed by atoms with Gasteiger partial charge in [0.15, 0.2) is 5.71 Å². The van der Waals surface area contributed by atoms with E-state index < -0.39 is 11.7 Å². The zero-order valence-electron chi connectivity index (χ0n) is 19.9. The van der Waals surface area contributed by atoms with E-state index in [-0.39, 0.29) is 6.04 Å². The number of piperidine rings is 1. The number of benzene rings is 2. The van der Waals surface area contributed by atoms with Crippen molar-refractivity contribution in [3.63, 3.8) is 0 Å². The second-order valence-electron chi connectivity index (χ2n) is 9.13. The predicted molar refractivity (Wildman–Crippen MR) is 135 cm³/mol. The molecular weight excluding hydrogens is 431 g/mol. The van der Waals surface area contributed by atoms with Crippen LogP contribution < -0.4 is 15.5 Å². The quantitative estimate of drug-likeness (QED) is 0.520. The number of carboxylic acid groups (broad SMARTS) is 1. The highest BCUT2D eigenvalue weighted by molar-refractivity contribution is 6.42. The molecule has 1 fully saturated rings. The summed E-state index contributed by atoms with van der Waals surface area (Å²) in [6, 6.07) is 17.5. The van der Waals surface area contributed by atoms with Gasteiger partial charge in [0.05, 0.1) is 0 Å². The fourth-order valence-electron chi connectivity index (χ4n) is 5.33. The Kier molecular flexibility index (Phi) is 7.63. The molecule has 1 atom stereocenters. The molecule has 6 nitrogen and oxygen atoms in total. The summed E-state index contributed by atoms with van der Waals surface area (Å²) in [4.78, 5) is 13.9. The van der Waals surface area contributed by atoms with Crippen LogP contribution in [0, 0.1) is 6.92 Å². The van der Waals surface area contributed by atoms with Gasteiger partial charge in [0.2, 0.25) is 0 Å². The van der Waals surface area contributed by atoms with Crippen molar-refractivity contribution in [1.29, 1.82) is 0 Å². The Labute approximate surface area is 200 Å². The third-order valence-electron chi connectivity index (χ3n) is 7.13. The fourth-order valence-corrected chi connectivity index (χ4v) is 5.33. The molecule has 0 radical (unpaired) electrons. The molecule has 1 saturated heterocycles. The van der Waals surface area contributed by atoms with Crippen LogP contribution in [-0.4, -0.2) is 49.0 Å². The molecule has 4 rings (SSSR count). The number of nitrogens with zero attached hydrogens (tertiary/aromatic N) is 2. The average Bonchev–Trinajstić information content (AvgIpc) is 2.86. The second kappa shape index (κ2) is 10.8. The van der Waals surface area contributed by atoms with Gasteiger partial charge >= 0.3 is 5.97 Å². The van der Waals surface area contributed by atoms with Gasteiger partial charge in [-0.2, -0.15) is 0 Å². The zero-order chi connectivity index (χ0) is 24.1. The Bertz CT molecular complexity index is 1080. The highest BCUT2D eigenvalue weighted by Crippen LogP contribution is 2.32. The third kappa shape index (κ3) is 5.14. The van der Waals surface area contributed by atoms with E-state index in [9.17, 15) is 14.4 Å². The molecule has 2 aliphatic rings. The van der Waals surface area contributed by atoms with E-state index in [4.69, 9.17) is 0 Å². The minimum atomic E-state index is -1.33. The van der Waals surface area contributed by atoms with Crippen LogP contribution in [0.2, 0.25) is 0 Å². The molecular formula is C27H33FN4O2. The number of hydrogen-bond acceptors (Lipinski definition) is 5. The van der Waals surface area contributed by atoms with Crippen LogP contribution in [0.15, 0.2) is 65.0 Å². The number of anilines is 1. The monoisotopic (exact) mass is 464 g/mol. The lowest BCUT2D eigenvalue weighted by molar-refractivity contribution is -0.129. The smallest absolute Gasteiger partial charge is 0.357 e. The molecule has 7 heteroatoms. The number of nitrogens with one attached hydrogen (secondary N) is 2. The summed E-state index contributed by atoms with van der Waals surface area (Å²) in [6.45, 7) is 4.12. The van der Waals surface area contributed by atoms with Crippen LogP contribution in [0.4, 0.5) is 10.2 Å². The van der Waals surface area contributed by atoms with Gasteiger partial charge in [0.1, 0.15) is 0 Å². The maximum Gasteiger partial charge on any atom is 0.357 e. The van der Waals surface area contributed by atoms with Crippen molar-refractivity contribution in [1.82, 2.24) is 10.6 Å². The lowest BCUT2D eigenvalue weighted by Gasteiger charge is -2.38. The van der Waals surface area contributed by atoms with Gasteiger partial charge in [-0.3, -0.25) is 0 Å². The molecule has 0 bridgehead atoms. The molecule has 3 N–H and O–H groups in total. The standard InChI is InChI=1S/C27H33FN4O2/c1-18-22(19-7-4-3-5-8-19)9-6-10-25(18)32-15-13-20(14-16-32)30-21-11-12-24(29-2)23(17-21)26(31-28)27(33)34/h3-10,20-21,29-30H,11-17H2,1-2H3,(H,33,34)/b31-26-. The minimum Gasteiger partial charge on any atom is -0.476 e. The van der Waals surface area contributed by atoms with Crippen LogP contribution in [0.3, 0.4) is 0 Å². The van der Waals surface area contributed by atoms with E-state index in [1.54, 1.807) is 7.05 Å². The SMILES string of the molecule is CNC1=C(/C(=N/F)C(=O)O)CC(NC2CCN(c3cccc(-c4ccccc4)c3C)CC2)CC1. The van der Waals surface area contributed by atoms with E-state index in [0.29, 0.717) is 24.5 Å². The summed E-state index contributed by atoms with van der Waals surface area (Å²) in [5.41, 5.74) is 5.83. The van der Waals surface area contributed by atoms with Crippen molar-refractivity contribution in [2.45, 2.75) is 51.1 Å². The van der Waals surface area contributed by atoms with Gasteiger partial charge in [-0.1, -0.05) is 52.2 Å². The van der Waals surface area contributed by atoms with Gasteiger partial charge in [-0.05, 0) is 61.8 Å². The number of rotatable bonds is 7. The van der Waals surface area contributed by atoms with Crippen molar-refractivity contribution in [3.8, 4) is 11.1 Å². The Morgan fingerprint density at radius 3 is 2.44 bits per heavy atom. The molecule has 180 valence electrons. The van der Waals surface area contributed by atoms with E-state index in [2.05, 4.69) is 70.1 Å². The van der Waals surface area contributed by atoms with Crippen LogP contribution in [0.25, 0.3) is 11.1 Å². The van der Waals surface area contributed by atoms with Crippen molar-refractivity contribution < 1.29 is 14.4 Å². The number of carbonyl (C=O) groups is 1. The van der Waals surface area contributed by atoms with Gasteiger partial charge in [-0.15, -0.1) is 0 Å². The fraction of sp³-hybridized carbons (Fsp3) is 0.407. The summed E-state index contributed by atoms with van der Waals surface area (Å²) < 4.78 is 13.1. The molecule has 0 aromatic heterocycles. The van der Waals surface area contributed by atoms with Crippen LogP contribution in [0.5, 0.6) is 0 Å². The van der Waals surface area contributed by atoms with Gasteiger partial charge in [-0.25, -0.2) is 4.79 Å². The van der Waals surface area contributed by atoms with E-state index >= 15 is 0 Å². The summed E-state index contributed by atoms with van der Waals surface area (Å²) in [7, 11) is 1.74. The number of halogens is 1.